The molecule has 0 atom stereocenters. The number of esters is 1. The number of allylic oxidation sites excluding steroid dienone is 1. The van der Waals surface area contributed by atoms with Gasteiger partial charge < -0.3 is 4.74 Å². The minimum absolute atomic E-state index is 0.210. The smallest absolute Gasteiger partial charge is 0.333 e. The van der Waals surface area contributed by atoms with Crippen molar-refractivity contribution in [3.8, 4) is 0 Å². The van der Waals surface area contributed by atoms with E-state index in [1.807, 2.05) is 43.3 Å². The van der Waals surface area contributed by atoms with E-state index in [9.17, 15) is 4.79 Å². The van der Waals surface area contributed by atoms with Crippen LogP contribution in [0.2, 0.25) is 0 Å². The molecule has 86 valence electrons. The minimum atomic E-state index is -0.210. The normalized spacial score (nSPS) is 11.2. The van der Waals surface area contributed by atoms with Crippen LogP contribution in [0.3, 0.4) is 0 Å². The van der Waals surface area contributed by atoms with Gasteiger partial charge in [-0.25, -0.2) is 4.79 Å². The molecule has 0 heterocycles. The Bertz CT molecular complexity index is 352. The molecule has 2 nitrogen and oxygen atoms in total. The third-order valence-electron chi connectivity index (χ3n) is 2.30. The molecule has 0 aliphatic heterocycles. The van der Waals surface area contributed by atoms with Gasteiger partial charge in [0, 0.05) is 12.0 Å². The van der Waals surface area contributed by atoms with Crippen LogP contribution in [0.1, 0.15) is 25.8 Å². The molecule has 0 aliphatic rings. The van der Waals surface area contributed by atoms with Crippen molar-refractivity contribution in [1.29, 1.82) is 0 Å². The number of carbonyl (C=O) groups excluding carboxylic acids is 1. The van der Waals surface area contributed by atoms with Gasteiger partial charge in [0.1, 0.15) is 0 Å². The maximum atomic E-state index is 11.4. The number of benzene rings is 1. The molecule has 0 bridgehead atoms. The summed E-state index contributed by atoms with van der Waals surface area (Å²) in [5, 5.41) is 0. The third-order valence-corrected chi connectivity index (χ3v) is 2.30. The van der Waals surface area contributed by atoms with Gasteiger partial charge in [0.25, 0.3) is 0 Å². The van der Waals surface area contributed by atoms with Gasteiger partial charge in [-0.3, -0.25) is 0 Å². The summed E-state index contributed by atoms with van der Waals surface area (Å²) in [6.45, 7) is 4.23. The first kappa shape index (κ1) is 12.5. The Morgan fingerprint density at radius 2 is 2.00 bits per heavy atom. The molecule has 0 aromatic heterocycles. The summed E-state index contributed by atoms with van der Waals surface area (Å²) in [7, 11) is 0. The highest BCUT2D eigenvalue weighted by molar-refractivity contribution is 5.87. The molecule has 0 radical (unpaired) electrons. The fourth-order valence-corrected chi connectivity index (χ4v) is 1.41. The van der Waals surface area contributed by atoms with E-state index in [0.29, 0.717) is 12.2 Å². The van der Waals surface area contributed by atoms with Crippen LogP contribution in [0.5, 0.6) is 0 Å². The van der Waals surface area contributed by atoms with Gasteiger partial charge in [0.15, 0.2) is 0 Å². The molecular formula is C14H18O2. The van der Waals surface area contributed by atoms with Crippen LogP contribution in [0.4, 0.5) is 0 Å². The van der Waals surface area contributed by atoms with E-state index in [1.165, 1.54) is 5.56 Å². The molecule has 2 heteroatoms. The molecule has 0 saturated carbocycles. The topological polar surface area (TPSA) is 26.3 Å². The van der Waals surface area contributed by atoms with Crippen LogP contribution in [-0.2, 0) is 16.0 Å². The first-order valence-electron chi connectivity index (χ1n) is 5.62. The number of carbonyl (C=O) groups is 1. The van der Waals surface area contributed by atoms with Crippen LogP contribution in [0, 0.1) is 0 Å². The quantitative estimate of drug-likeness (QED) is 0.560. The number of rotatable bonds is 5. The van der Waals surface area contributed by atoms with Crippen LogP contribution in [0.15, 0.2) is 42.0 Å². The van der Waals surface area contributed by atoms with Gasteiger partial charge in [-0.2, -0.15) is 0 Å². The van der Waals surface area contributed by atoms with Crippen molar-refractivity contribution in [1.82, 2.24) is 0 Å². The second-order valence-corrected chi connectivity index (χ2v) is 3.67. The average molecular weight is 218 g/mol. The molecule has 0 N–H and O–H groups in total. The molecule has 0 spiro atoms. The average Bonchev–Trinajstić information content (AvgIpc) is 2.30. The standard InChI is InChI=1S/C14H18O2/c1-3-7-12(2)14(15)16-11-10-13-8-5-4-6-9-13/h4-9H,3,10-11H2,1-2H3. The monoisotopic (exact) mass is 218 g/mol. The Balaban J connectivity index is 2.31. The summed E-state index contributed by atoms with van der Waals surface area (Å²) < 4.78 is 5.15. The fourth-order valence-electron chi connectivity index (χ4n) is 1.41. The van der Waals surface area contributed by atoms with Gasteiger partial charge in [-0.15, -0.1) is 0 Å². The van der Waals surface area contributed by atoms with E-state index in [0.717, 1.165) is 12.8 Å². The summed E-state index contributed by atoms with van der Waals surface area (Å²) in [6.07, 6.45) is 3.51. The van der Waals surface area contributed by atoms with Gasteiger partial charge >= 0.3 is 5.97 Å². The lowest BCUT2D eigenvalue weighted by molar-refractivity contribution is -0.138. The number of hydrogen-bond donors (Lipinski definition) is 0. The Kier molecular flexibility index (Phi) is 5.34. The Hall–Kier alpha value is -1.57. The van der Waals surface area contributed by atoms with Gasteiger partial charge in [-0.05, 0) is 18.9 Å². The zero-order valence-electron chi connectivity index (χ0n) is 9.90. The lowest BCUT2D eigenvalue weighted by Gasteiger charge is -2.04. The lowest BCUT2D eigenvalue weighted by Crippen LogP contribution is -2.08. The van der Waals surface area contributed by atoms with Crippen LogP contribution < -0.4 is 0 Å². The van der Waals surface area contributed by atoms with Crippen molar-refractivity contribution >= 4 is 5.97 Å². The highest BCUT2D eigenvalue weighted by atomic mass is 16.5. The highest BCUT2D eigenvalue weighted by Gasteiger charge is 2.04. The van der Waals surface area contributed by atoms with Crippen LogP contribution in [0.25, 0.3) is 0 Å². The molecule has 16 heavy (non-hydrogen) atoms. The second kappa shape index (κ2) is 6.83. The van der Waals surface area contributed by atoms with E-state index < -0.39 is 0 Å². The maximum absolute atomic E-state index is 11.4. The predicted octanol–water partition coefficient (Wildman–Crippen LogP) is 3.13. The minimum Gasteiger partial charge on any atom is -0.462 e. The van der Waals surface area contributed by atoms with Crippen molar-refractivity contribution in [3.63, 3.8) is 0 Å². The Labute approximate surface area is 96.9 Å². The van der Waals surface area contributed by atoms with Crippen molar-refractivity contribution in [2.75, 3.05) is 6.61 Å². The number of hydrogen-bond acceptors (Lipinski definition) is 2. The predicted molar refractivity (Wildman–Crippen MR) is 65.2 cm³/mol. The second-order valence-electron chi connectivity index (χ2n) is 3.67. The fraction of sp³-hybridized carbons (Fsp3) is 0.357. The van der Waals surface area contributed by atoms with Crippen molar-refractivity contribution < 1.29 is 9.53 Å². The first-order valence-corrected chi connectivity index (χ1v) is 5.62. The van der Waals surface area contributed by atoms with E-state index in [-0.39, 0.29) is 5.97 Å². The molecule has 1 aromatic rings. The molecule has 0 amide bonds. The SMILES string of the molecule is CCC=C(C)C(=O)OCCc1ccccc1. The van der Waals surface area contributed by atoms with Crippen molar-refractivity contribution in [2.24, 2.45) is 0 Å². The van der Waals surface area contributed by atoms with Gasteiger partial charge in [-0.1, -0.05) is 43.3 Å². The molecule has 1 rings (SSSR count). The lowest BCUT2D eigenvalue weighted by atomic mass is 10.2. The summed E-state index contributed by atoms with van der Waals surface area (Å²) in [5.74, 6) is -0.210. The molecular weight excluding hydrogens is 200 g/mol. The van der Waals surface area contributed by atoms with Crippen molar-refractivity contribution in [3.05, 3.63) is 47.5 Å². The van der Waals surface area contributed by atoms with Crippen LogP contribution in [-0.4, -0.2) is 12.6 Å². The first-order chi connectivity index (χ1) is 7.74. The van der Waals surface area contributed by atoms with E-state index in [1.54, 1.807) is 6.92 Å². The third kappa shape index (κ3) is 4.30. The van der Waals surface area contributed by atoms with E-state index in [4.69, 9.17) is 4.74 Å². The van der Waals surface area contributed by atoms with Gasteiger partial charge in [0.05, 0.1) is 6.61 Å². The molecule has 0 fully saturated rings. The largest absolute Gasteiger partial charge is 0.462 e. The summed E-state index contributed by atoms with van der Waals surface area (Å²) in [4.78, 5) is 11.4. The Morgan fingerprint density at radius 1 is 1.31 bits per heavy atom. The number of ether oxygens (including phenoxy) is 1. The summed E-state index contributed by atoms with van der Waals surface area (Å²) in [5.41, 5.74) is 1.88. The molecule has 1 aromatic carbocycles. The summed E-state index contributed by atoms with van der Waals surface area (Å²) in [6, 6.07) is 10.0. The van der Waals surface area contributed by atoms with Crippen molar-refractivity contribution in [2.45, 2.75) is 26.7 Å². The molecule has 0 unspecified atom stereocenters. The Morgan fingerprint density at radius 3 is 2.62 bits per heavy atom. The zero-order valence-corrected chi connectivity index (χ0v) is 9.90. The van der Waals surface area contributed by atoms with E-state index in [2.05, 4.69) is 0 Å². The highest BCUT2D eigenvalue weighted by Crippen LogP contribution is 2.02. The zero-order chi connectivity index (χ0) is 11.8. The molecule has 0 aliphatic carbocycles. The molecule has 0 saturated heterocycles. The summed E-state index contributed by atoms with van der Waals surface area (Å²) >= 11 is 0. The van der Waals surface area contributed by atoms with E-state index >= 15 is 0 Å². The van der Waals surface area contributed by atoms with Gasteiger partial charge in [0.2, 0.25) is 0 Å². The van der Waals surface area contributed by atoms with Crippen LogP contribution >= 0.6 is 0 Å². The maximum Gasteiger partial charge on any atom is 0.333 e.